The number of aldehydes is 1. The Kier molecular flexibility index (Phi) is 2.70. The summed E-state index contributed by atoms with van der Waals surface area (Å²) in [5.41, 5.74) is 2.16. The van der Waals surface area contributed by atoms with Gasteiger partial charge in [-0.05, 0) is 85.8 Å². The molecule has 4 bridgehead atoms. The van der Waals surface area contributed by atoms with Gasteiger partial charge < -0.3 is 5.11 Å². The molecule has 106 valence electrons. The molecule has 20 heavy (non-hydrogen) atoms. The molecule has 0 atom stereocenters. The van der Waals surface area contributed by atoms with Gasteiger partial charge in [0, 0.05) is 0 Å². The quantitative estimate of drug-likeness (QED) is 0.844. The van der Waals surface area contributed by atoms with E-state index in [9.17, 15) is 9.90 Å². The van der Waals surface area contributed by atoms with Crippen LogP contribution in [0.3, 0.4) is 0 Å². The molecule has 0 amide bonds. The monoisotopic (exact) mass is 270 g/mol. The van der Waals surface area contributed by atoms with Crippen molar-refractivity contribution < 1.29 is 9.90 Å². The number of carbonyl (C=O) groups is 1. The molecule has 0 spiro atoms. The van der Waals surface area contributed by atoms with Gasteiger partial charge in [0.1, 0.15) is 5.75 Å². The zero-order valence-corrected chi connectivity index (χ0v) is 11.8. The van der Waals surface area contributed by atoms with Crippen LogP contribution in [0.4, 0.5) is 0 Å². The normalized spacial score (nSPS) is 38.1. The summed E-state index contributed by atoms with van der Waals surface area (Å²) in [5.74, 6) is 2.99. The molecule has 2 heteroatoms. The highest BCUT2D eigenvalue weighted by Gasteiger charge is 2.50. The Morgan fingerprint density at radius 2 is 1.70 bits per heavy atom. The van der Waals surface area contributed by atoms with E-state index in [0.717, 1.165) is 30.5 Å². The highest BCUT2D eigenvalue weighted by Crippen LogP contribution is 2.61. The largest absolute Gasteiger partial charge is 0.507 e. The predicted molar refractivity (Wildman–Crippen MR) is 77.8 cm³/mol. The summed E-state index contributed by atoms with van der Waals surface area (Å²) in [6.07, 6.45) is 10.4. The molecule has 1 aromatic rings. The lowest BCUT2D eigenvalue weighted by Crippen LogP contribution is -2.47. The maximum atomic E-state index is 11.0. The molecular formula is C18H22O2. The first-order chi connectivity index (χ1) is 9.66. The Morgan fingerprint density at radius 3 is 2.25 bits per heavy atom. The number of hydrogen-bond acceptors (Lipinski definition) is 2. The van der Waals surface area contributed by atoms with E-state index >= 15 is 0 Å². The number of aromatic hydroxyl groups is 1. The zero-order valence-electron chi connectivity index (χ0n) is 11.8. The van der Waals surface area contributed by atoms with Crippen LogP contribution in [0.5, 0.6) is 5.75 Å². The van der Waals surface area contributed by atoms with E-state index in [-0.39, 0.29) is 5.75 Å². The summed E-state index contributed by atoms with van der Waals surface area (Å²) < 4.78 is 0. The highest BCUT2D eigenvalue weighted by atomic mass is 16.3. The topological polar surface area (TPSA) is 37.3 Å². The fourth-order valence-corrected chi connectivity index (χ4v) is 5.75. The maximum absolute atomic E-state index is 11.0. The molecule has 0 saturated heterocycles. The second-order valence-corrected chi connectivity index (χ2v) is 7.61. The average Bonchev–Trinajstić information content (AvgIpc) is 2.39. The minimum Gasteiger partial charge on any atom is -0.507 e. The molecule has 4 fully saturated rings. The van der Waals surface area contributed by atoms with E-state index in [1.807, 2.05) is 12.1 Å². The lowest BCUT2D eigenvalue weighted by molar-refractivity contribution is -0.0521. The lowest BCUT2D eigenvalue weighted by Gasteiger charge is -2.57. The van der Waals surface area contributed by atoms with Crippen molar-refractivity contribution in [3.8, 4) is 5.75 Å². The van der Waals surface area contributed by atoms with Gasteiger partial charge in [-0.3, -0.25) is 4.79 Å². The third-order valence-electron chi connectivity index (χ3n) is 5.96. The van der Waals surface area contributed by atoms with Crippen molar-refractivity contribution >= 4 is 6.29 Å². The molecule has 0 heterocycles. The van der Waals surface area contributed by atoms with Gasteiger partial charge in [0.2, 0.25) is 0 Å². The second-order valence-electron chi connectivity index (χ2n) is 7.61. The fourth-order valence-electron chi connectivity index (χ4n) is 5.75. The molecule has 0 aliphatic heterocycles. The molecule has 4 aliphatic carbocycles. The van der Waals surface area contributed by atoms with Crippen molar-refractivity contribution in [2.45, 2.75) is 44.9 Å². The standard InChI is InChI=1S/C18H22O2/c19-11-16-6-12(1-2-17(16)20)7-18-8-13-3-14(9-18)5-15(4-13)10-18/h1-2,6,11,13-15,20H,3-5,7-10H2. The van der Waals surface area contributed by atoms with Gasteiger partial charge >= 0.3 is 0 Å². The SMILES string of the molecule is O=Cc1cc(CC23CC4CC(CC(C4)C2)C3)ccc1O. The smallest absolute Gasteiger partial charge is 0.153 e. The molecule has 0 radical (unpaired) electrons. The van der Waals surface area contributed by atoms with Crippen LogP contribution in [0.25, 0.3) is 0 Å². The van der Waals surface area contributed by atoms with Crippen LogP contribution in [0, 0.1) is 23.2 Å². The highest BCUT2D eigenvalue weighted by molar-refractivity contribution is 5.79. The number of phenols is 1. The minimum absolute atomic E-state index is 0.106. The van der Waals surface area contributed by atoms with Gasteiger partial charge in [-0.1, -0.05) is 6.07 Å². The Balaban J connectivity index is 1.61. The number of benzene rings is 1. The van der Waals surface area contributed by atoms with E-state index in [1.54, 1.807) is 6.07 Å². The zero-order chi connectivity index (χ0) is 13.7. The molecule has 1 N–H and O–H groups in total. The number of rotatable bonds is 3. The summed E-state index contributed by atoms with van der Waals surface area (Å²) in [4.78, 5) is 11.0. The minimum atomic E-state index is 0.106. The Morgan fingerprint density at radius 1 is 1.10 bits per heavy atom. The Labute approximate surface area is 120 Å². The van der Waals surface area contributed by atoms with Crippen LogP contribution < -0.4 is 0 Å². The third-order valence-corrected chi connectivity index (χ3v) is 5.96. The second kappa shape index (κ2) is 4.34. The fraction of sp³-hybridized carbons (Fsp3) is 0.611. The van der Waals surface area contributed by atoms with Crippen molar-refractivity contribution in [3.05, 3.63) is 29.3 Å². The van der Waals surface area contributed by atoms with Crippen LogP contribution in [0.2, 0.25) is 0 Å². The van der Waals surface area contributed by atoms with Gasteiger partial charge in [0.25, 0.3) is 0 Å². The Hall–Kier alpha value is -1.31. The molecule has 2 nitrogen and oxygen atoms in total. The van der Waals surface area contributed by atoms with Crippen LogP contribution in [-0.2, 0) is 6.42 Å². The number of carbonyl (C=O) groups excluding carboxylic acids is 1. The van der Waals surface area contributed by atoms with Crippen molar-refractivity contribution in [1.29, 1.82) is 0 Å². The first-order valence-corrected chi connectivity index (χ1v) is 7.93. The summed E-state index contributed by atoms with van der Waals surface area (Å²) in [6, 6.07) is 5.57. The van der Waals surface area contributed by atoms with Crippen molar-refractivity contribution in [2.24, 2.45) is 23.2 Å². The number of hydrogen-bond donors (Lipinski definition) is 1. The number of phenolic OH excluding ortho intramolecular Hbond substituents is 1. The van der Waals surface area contributed by atoms with E-state index in [2.05, 4.69) is 0 Å². The predicted octanol–water partition coefficient (Wildman–Crippen LogP) is 3.96. The Bertz CT molecular complexity index is 511. The molecule has 1 aromatic carbocycles. The molecule has 0 unspecified atom stereocenters. The molecule has 0 aromatic heterocycles. The van der Waals surface area contributed by atoms with Gasteiger partial charge in [0.15, 0.2) is 6.29 Å². The van der Waals surface area contributed by atoms with Crippen molar-refractivity contribution in [1.82, 2.24) is 0 Å². The van der Waals surface area contributed by atoms with Crippen molar-refractivity contribution in [3.63, 3.8) is 0 Å². The van der Waals surface area contributed by atoms with Crippen LogP contribution in [0.15, 0.2) is 18.2 Å². The van der Waals surface area contributed by atoms with Gasteiger partial charge in [-0.25, -0.2) is 0 Å². The van der Waals surface area contributed by atoms with Crippen LogP contribution >= 0.6 is 0 Å². The van der Waals surface area contributed by atoms with E-state index in [1.165, 1.54) is 44.1 Å². The average molecular weight is 270 g/mol. The van der Waals surface area contributed by atoms with E-state index in [0.29, 0.717) is 11.0 Å². The first-order valence-electron chi connectivity index (χ1n) is 7.93. The van der Waals surface area contributed by atoms with Gasteiger partial charge in [0.05, 0.1) is 5.56 Å². The molecule has 4 aliphatic rings. The van der Waals surface area contributed by atoms with Crippen LogP contribution in [0.1, 0.15) is 54.4 Å². The van der Waals surface area contributed by atoms with Crippen LogP contribution in [-0.4, -0.2) is 11.4 Å². The van der Waals surface area contributed by atoms with Gasteiger partial charge in [-0.15, -0.1) is 0 Å². The van der Waals surface area contributed by atoms with E-state index < -0.39 is 0 Å². The lowest BCUT2D eigenvalue weighted by atomic mass is 9.48. The van der Waals surface area contributed by atoms with Gasteiger partial charge in [-0.2, -0.15) is 0 Å². The summed E-state index contributed by atoms with van der Waals surface area (Å²) >= 11 is 0. The third kappa shape index (κ3) is 1.97. The molecule has 4 saturated carbocycles. The van der Waals surface area contributed by atoms with E-state index in [4.69, 9.17) is 0 Å². The first kappa shape index (κ1) is 12.4. The van der Waals surface area contributed by atoms with Crippen molar-refractivity contribution in [2.75, 3.05) is 0 Å². The molecular weight excluding hydrogens is 248 g/mol. The summed E-state index contributed by atoms with van der Waals surface area (Å²) in [7, 11) is 0. The summed E-state index contributed by atoms with van der Waals surface area (Å²) in [5, 5.41) is 9.63. The summed E-state index contributed by atoms with van der Waals surface area (Å²) in [6.45, 7) is 0. The molecule has 5 rings (SSSR count). The maximum Gasteiger partial charge on any atom is 0.153 e.